The molecular formula is C16H27NO5. The minimum absolute atomic E-state index is 0.00157. The molecule has 1 rings (SSSR count). The van der Waals surface area contributed by atoms with Gasteiger partial charge in [-0.3, -0.25) is 0 Å². The van der Waals surface area contributed by atoms with Crippen LogP contribution in [0.3, 0.4) is 0 Å². The Hall–Kier alpha value is -1.34. The Kier molecular flexibility index (Phi) is 7.61. The molecule has 3 N–H and O–H groups in total. The van der Waals surface area contributed by atoms with Crippen molar-refractivity contribution in [3.05, 3.63) is 23.8 Å². The molecule has 0 spiro atoms. The molecule has 0 unspecified atom stereocenters. The molecule has 22 heavy (non-hydrogen) atoms. The Labute approximate surface area is 132 Å². The van der Waals surface area contributed by atoms with Crippen LogP contribution in [-0.4, -0.2) is 55.8 Å². The number of ether oxygens (including phenoxy) is 3. The Morgan fingerprint density at radius 1 is 1.23 bits per heavy atom. The van der Waals surface area contributed by atoms with E-state index in [9.17, 15) is 5.11 Å². The fraction of sp³-hybridized carbons (Fsp3) is 0.625. The normalized spacial score (nSPS) is 13.0. The number of β-amino-alcohol motifs (C(OH)–C–C–N with tert-alkyl or cyclic N) is 1. The van der Waals surface area contributed by atoms with Crippen LogP contribution in [-0.2, 0) is 11.3 Å². The van der Waals surface area contributed by atoms with Crippen LogP contribution in [0.25, 0.3) is 0 Å². The summed E-state index contributed by atoms with van der Waals surface area (Å²) in [5.74, 6) is 1.45. The van der Waals surface area contributed by atoms with Crippen molar-refractivity contribution in [2.45, 2.75) is 32.1 Å². The van der Waals surface area contributed by atoms with Gasteiger partial charge in [-0.15, -0.1) is 0 Å². The first kappa shape index (κ1) is 18.7. The lowest BCUT2D eigenvalue weighted by Crippen LogP contribution is -2.46. The average Bonchev–Trinajstić information content (AvgIpc) is 2.53. The van der Waals surface area contributed by atoms with Gasteiger partial charge in [-0.05, 0) is 32.0 Å². The number of aliphatic hydroxyl groups excluding tert-OH is 2. The number of hydrogen-bond acceptors (Lipinski definition) is 6. The van der Waals surface area contributed by atoms with Crippen molar-refractivity contribution < 1.29 is 24.4 Å². The summed E-state index contributed by atoms with van der Waals surface area (Å²) in [7, 11) is 3.20. The van der Waals surface area contributed by atoms with E-state index in [2.05, 4.69) is 5.32 Å². The van der Waals surface area contributed by atoms with Gasteiger partial charge in [0.2, 0.25) is 0 Å². The van der Waals surface area contributed by atoms with Gasteiger partial charge in [0.15, 0.2) is 0 Å². The maximum atomic E-state index is 9.89. The number of benzene rings is 1. The van der Waals surface area contributed by atoms with E-state index in [-0.39, 0.29) is 13.2 Å². The Morgan fingerprint density at radius 3 is 2.55 bits per heavy atom. The second kappa shape index (κ2) is 8.95. The minimum atomic E-state index is -0.651. The third-order valence-corrected chi connectivity index (χ3v) is 3.27. The van der Waals surface area contributed by atoms with Crippen LogP contribution in [0, 0.1) is 0 Å². The van der Waals surface area contributed by atoms with Gasteiger partial charge in [-0.2, -0.15) is 0 Å². The predicted octanol–water partition coefficient (Wildman–Crippen LogP) is 0.942. The smallest absolute Gasteiger partial charge is 0.124 e. The largest absolute Gasteiger partial charge is 0.497 e. The van der Waals surface area contributed by atoms with E-state index in [0.29, 0.717) is 13.2 Å². The van der Waals surface area contributed by atoms with E-state index >= 15 is 0 Å². The third kappa shape index (κ3) is 6.19. The molecular weight excluding hydrogens is 286 g/mol. The standard InChI is InChI=1S/C16H27NO5/c1-16(2,11-18)17-8-13(19)10-22-9-12-7-14(20-3)5-6-15(12)21-4/h5-7,13,17-19H,8-11H2,1-4H3/t13-/m0/s1. The van der Waals surface area contributed by atoms with Crippen molar-refractivity contribution in [3.8, 4) is 11.5 Å². The van der Waals surface area contributed by atoms with Crippen LogP contribution in [0.15, 0.2) is 18.2 Å². The van der Waals surface area contributed by atoms with Crippen LogP contribution in [0.5, 0.6) is 11.5 Å². The van der Waals surface area contributed by atoms with E-state index in [1.807, 2.05) is 32.0 Å². The van der Waals surface area contributed by atoms with Crippen molar-refractivity contribution in [2.75, 3.05) is 34.0 Å². The van der Waals surface area contributed by atoms with E-state index in [0.717, 1.165) is 17.1 Å². The molecule has 0 heterocycles. The molecule has 6 heteroatoms. The Balaban J connectivity index is 2.43. The number of nitrogens with one attached hydrogen (secondary N) is 1. The zero-order chi connectivity index (χ0) is 16.6. The molecule has 0 aromatic heterocycles. The van der Waals surface area contributed by atoms with Crippen molar-refractivity contribution in [2.24, 2.45) is 0 Å². The molecule has 126 valence electrons. The summed E-state index contributed by atoms with van der Waals surface area (Å²) < 4.78 is 16.0. The molecule has 0 radical (unpaired) electrons. The molecule has 0 amide bonds. The van der Waals surface area contributed by atoms with E-state index in [1.54, 1.807) is 14.2 Å². The highest BCUT2D eigenvalue weighted by atomic mass is 16.5. The summed E-state index contributed by atoms with van der Waals surface area (Å²) in [4.78, 5) is 0. The fourth-order valence-electron chi connectivity index (χ4n) is 1.81. The maximum Gasteiger partial charge on any atom is 0.124 e. The molecule has 0 aliphatic rings. The van der Waals surface area contributed by atoms with E-state index in [4.69, 9.17) is 19.3 Å². The van der Waals surface area contributed by atoms with Gasteiger partial charge < -0.3 is 29.7 Å². The van der Waals surface area contributed by atoms with Crippen molar-refractivity contribution in [1.82, 2.24) is 5.32 Å². The number of hydrogen-bond donors (Lipinski definition) is 3. The zero-order valence-corrected chi connectivity index (χ0v) is 13.8. The minimum Gasteiger partial charge on any atom is -0.497 e. The highest BCUT2D eigenvalue weighted by Crippen LogP contribution is 2.24. The fourth-order valence-corrected chi connectivity index (χ4v) is 1.81. The van der Waals surface area contributed by atoms with Gasteiger partial charge in [0.1, 0.15) is 11.5 Å². The number of aliphatic hydroxyl groups is 2. The average molecular weight is 313 g/mol. The zero-order valence-electron chi connectivity index (χ0n) is 13.8. The molecule has 0 saturated heterocycles. The first-order chi connectivity index (χ1) is 10.4. The quantitative estimate of drug-likeness (QED) is 0.596. The molecule has 6 nitrogen and oxygen atoms in total. The van der Waals surface area contributed by atoms with E-state index in [1.165, 1.54) is 0 Å². The number of methoxy groups -OCH3 is 2. The highest BCUT2D eigenvalue weighted by molar-refractivity contribution is 5.39. The summed E-state index contributed by atoms with van der Waals surface area (Å²) in [5, 5.41) is 22.1. The van der Waals surface area contributed by atoms with Gasteiger partial charge in [0.05, 0.1) is 40.1 Å². The lowest BCUT2D eigenvalue weighted by Gasteiger charge is -2.25. The van der Waals surface area contributed by atoms with Crippen molar-refractivity contribution in [1.29, 1.82) is 0 Å². The van der Waals surface area contributed by atoms with Gasteiger partial charge in [0.25, 0.3) is 0 Å². The monoisotopic (exact) mass is 313 g/mol. The molecule has 1 aromatic rings. The van der Waals surface area contributed by atoms with E-state index < -0.39 is 11.6 Å². The van der Waals surface area contributed by atoms with Gasteiger partial charge in [-0.1, -0.05) is 0 Å². The maximum absolute atomic E-state index is 9.89. The molecule has 0 saturated carbocycles. The number of rotatable bonds is 10. The second-order valence-electron chi connectivity index (χ2n) is 5.77. The van der Waals surface area contributed by atoms with Crippen molar-refractivity contribution >= 4 is 0 Å². The van der Waals surface area contributed by atoms with Crippen LogP contribution in [0.4, 0.5) is 0 Å². The Bertz CT molecular complexity index is 450. The van der Waals surface area contributed by atoms with Crippen LogP contribution in [0.2, 0.25) is 0 Å². The summed E-state index contributed by atoms with van der Waals surface area (Å²) >= 11 is 0. The van der Waals surface area contributed by atoms with Crippen LogP contribution >= 0.6 is 0 Å². The molecule has 1 atom stereocenters. The van der Waals surface area contributed by atoms with Crippen LogP contribution in [0.1, 0.15) is 19.4 Å². The topological polar surface area (TPSA) is 80.2 Å². The van der Waals surface area contributed by atoms with Crippen molar-refractivity contribution in [3.63, 3.8) is 0 Å². The summed E-state index contributed by atoms with van der Waals surface area (Å²) in [5.41, 5.74) is 0.439. The van der Waals surface area contributed by atoms with Gasteiger partial charge in [-0.25, -0.2) is 0 Å². The summed E-state index contributed by atoms with van der Waals surface area (Å²) in [6, 6.07) is 5.48. The highest BCUT2D eigenvalue weighted by Gasteiger charge is 2.17. The SMILES string of the molecule is COc1ccc(OC)c(COC[C@@H](O)CNC(C)(C)CO)c1. The summed E-state index contributed by atoms with van der Waals surface area (Å²) in [6.45, 7) is 4.59. The molecule has 0 fully saturated rings. The lowest BCUT2D eigenvalue weighted by molar-refractivity contribution is 0.0230. The predicted molar refractivity (Wildman–Crippen MR) is 84.4 cm³/mol. The first-order valence-corrected chi connectivity index (χ1v) is 7.24. The summed E-state index contributed by atoms with van der Waals surface area (Å²) in [6.07, 6.45) is -0.651. The molecule has 1 aromatic carbocycles. The molecule has 0 bridgehead atoms. The third-order valence-electron chi connectivity index (χ3n) is 3.27. The van der Waals surface area contributed by atoms with Crippen LogP contribution < -0.4 is 14.8 Å². The lowest BCUT2D eigenvalue weighted by atomic mass is 10.1. The van der Waals surface area contributed by atoms with Gasteiger partial charge >= 0.3 is 0 Å². The Morgan fingerprint density at radius 2 is 1.95 bits per heavy atom. The second-order valence-corrected chi connectivity index (χ2v) is 5.77. The molecule has 0 aliphatic carbocycles. The first-order valence-electron chi connectivity index (χ1n) is 7.24. The van der Waals surface area contributed by atoms with Gasteiger partial charge in [0, 0.05) is 17.6 Å². The molecule has 0 aliphatic heterocycles.